The maximum absolute atomic E-state index is 12.4. The lowest BCUT2D eigenvalue weighted by Crippen LogP contribution is -2.40. The maximum atomic E-state index is 12.4. The molecule has 1 heterocycles. The first kappa shape index (κ1) is 21.8. The molecule has 150 valence electrons. The number of nitrogens with zero attached hydrogens (tertiary/aromatic N) is 1. The van der Waals surface area contributed by atoms with Gasteiger partial charge in [-0.2, -0.15) is 0 Å². The first-order valence-electron chi connectivity index (χ1n) is 8.87. The van der Waals surface area contributed by atoms with Gasteiger partial charge < -0.3 is 9.64 Å². The number of benzene rings is 1. The molecule has 0 atom stereocenters. The molecular formula is C18H25BrN2O5S. The summed E-state index contributed by atoms with van der Waals surface area (Å²) in [5, 5.41) is 0. The van der Waals surface area contributed by atoms with Gasteiger partial charge in [0.1, 0.15) is 0 Å². The van der Waals surface area contributed by atoms with Crippen molar-refractivity contribution < 1.29 is 22.7 Å². The molecule has 27 heavy (non-hydrogen) atoms. The van der Waals surface area contributed by atoms with Crippen molar-refractivity contribution in [2.24, 2.45) is 5.92 Å². The number of carbonyl (C=O) groups is 2. The van der Waals surface area contributed by atoms with Crippen molar-refractivity contribution in [1.82, 2.24) is 9.62 Å². The van der Waals surface area contributed by atoms with Crippen molar-refractivity contribution in [2.75, 3.05) is 19.7 Å². The molecule has 9 heteroatoms. The second-order valence-electron chi connectivity index (χ2n) is 7.06. The van der Waals surface area contributed by atoms with Crippen LogP contribution in [0.15, 0.2) is 27.6 Å². The van der Waals surface area contributed by atoms with Crippen LogP contribution in [-0.4, -0.2) is 50.9 Å². The zero-order valence-electron chi connectivity index (χ0n) is 15.7. The molecule has 0 spiro atoms. The average Bonchev–Trinajstić information content (AvgIpc) is 2.59. The van der Waals surface area contributed by atoms with Crippen LogP contribution in [0.5, 0.6) is 0 Å². The van der Waals surface area contributed by atoms with E-state index in [-0.39, 0.29) is 29.0 Å². The molecule has 0 bridgehead atoms. The molecule has 0 unspecified atom stereocenters. The zero-order chi connectivity index (χ0) is 20.2. The molecule has 1 N–H and O–H groups in total. The van der Waals surface area contributed by atoms with E-state index in [1.165, 1.54) is 18.2 Å². The van der Waals surface area contributed by atoms with Crippen LogP contribution in [0.2, 0.25) is 0 Å². The third-order valence-corrected chi connectivity index (χ3v) is 6.67. The molecule has 1 amide bonds. The molecule has 0 aromatic heterocycles. The first-order valence-corrected chi connectivity index (χ1v) is 11.1. The predicted molar refractivity (Wildman–Crippen MR) is 105 cm³/mol. The van der Waals surface area contributed by atoms with Crippen LogP contribution in [-0.2, 0) is 19.6 Å². The van der Waals surface area contributed by atoms with Crippen LogP contribution in [0.25, 0.3) is 0 Å². The number of hydrogen-bond donors (Lipinski definition) is 1. The van der Waals surface area contributed by atoms with E-state index in [1.807, 2.05) is 0 Å². The fraction of sp³-hybridized carbons (Fsp3) is 0.556. The number of rotatable bonds is 6. The van der Waals surface area contributed by atoms with E-state index in [0.29, 0.717) is 23.5 Å². The van der Waals surface area contributed by atoms with Crippen LogP contribution >= 0.6 is 15.9 Å². The molecule has 0 radical (unpaired) electrons. The van der Waals surface area contributed by atoms with Gasteiger partial charge >= 0.3 is 5.97 Å². The third kappa shape index (κ3) is 6.02. The summed E-state index contributed by atoms with van der Waals surface area (Å²) >= 11 is 3.23. The fourth-order valence-corrected chi connectivity index (χ4v) is 4.45. The summed E-state index contributed by atoms with van der Waals surface area (Å²) < 4.78 is 32.6. The molecule has 1 aromatic carbocycles. The molecule has 7 nitrogen and oxygen atoms in total. The second kappa shape index (κ2) is 9.16. The minimum atomic E-state index is -3.74. The highest BCUT2D eigenvalue weighted by atomic mass is 79.9. The zero-order valence-corrected chi connectivity index (χ0v) is 18.1. The number of sulfonamides is 1. The topological polar surface area (TPSA) is 92.8 Å². The van der Waals surface area contributed by atoms with Crippen molar-refractivity contribution in [3.05, 3.63) is 28.2 Å². The van der Waals surface area contributed by atoms with E-state index < -0.39 is 16.0 Å². The Morgan fingerprint density at radius 1 is 1.30 bits per heavy atom. The van der Waals surface area contributed by atoms with Crippen molar-refractivity contribution in [3.63, 3.8) is 0 Å². The van der Waals surface area contributed by atoms with Crippen LogP contribution in [0.3, 0.4) is 0 Å². The van der Waals surface area contributed by atoms with Crippen molar-refractivity contribution >= 4 is 37.8 Å². The monoisotopic (exact) mass is 460 g/mol. The molecule has 2 rings (SSSR count). The summed E-state index contributed by atoms with van der Waals surface area (Å²) in [5.41, 5.74) is 0.0571. The van der Waals surface area contributed by atoms with E-state index in [1.54, 1.807) is 18.7 Å². The Hall–Kier alpha value is -1.45. The molecule has 0 aliphatic carbocycles. The Morgan fingerprint density at radius 3 is 2.52 bits per heavy atom. The average molecular weight is 461 g/mol. The van der Waals surface area contributed by atoms with Gasteiger partial charge in [0, 0.05) is 23.6 Å². The Bertz CT molecular complexity index is 802. The standard InChI is InChI=1S/C18H25BrN2O5S/c1-12(2)20-27(24,25)14-4-5-16(19)15(10-14)18(23)26-11-17(22)21-8-6-13(3)7-9-21/h4-5,10,12-13,20H,6-9,11H2,1-3H3. The largest absolute Gasteiger partial charge is 0.452 e. The quantitative estimate of drug-likeness (QED) is 0.658. The lowest BCUT2D eigenvalue weighted by Gasteiger charge is -2.30. The van der Waals surface area contributed by atoms with E-state index in [0.717, 1.165) is 12.8 Å². The van der Waals surface area contributed by atoms with Gasteiger partial charge in [0.25, 0.3) is 5.91 Å². The molecule has 1 aromatic rings. The summed E-state index contributed by atoms with van der Waals surface area (Å²) in [6.07, 6.45) is 1.88. The minimum Gasteiger partial charge on any atom is -0.452 e. The van der Waals surface area contributed by atoms with Gasteiger partial charge in [0.05, 0.1) is 10.5 Å². The van der Waals surface area contributed by atoms with Crippen molar-refractivity contribution in [2.45, 2.75) is 44.6 Å². The third-order valence-electron chi connectivity index (χ3n) is 4.32. The van der Waals surface area contributed by atoms with Crippen LogP contribution < -0.4 is 4.72 Å². The number of amides is 1. The Labute approximate surface area is 168 Å². The predicted octanol–water partition coefficient (Wildman–Crippen LogP) is 2.55. The normalized spacial score (nSPS) is 15.8. The summed E-state index contributed by atoms with van der Waals surface area (Å²) in [4.78, 5) is 26.2. The van der Waals surface area contributed by atoms with Gasteiger partial charge in [-0.15, -0.1) is 0 Å². The summed E-state index contributed by atoms with van der Waals surface area (Å²) in [7, 11) is -3.74. The second-order valence-corrected chi connectivity index (χ2v) is 9.63. The highest BCUT2D eigenvalue weighted by Crippen LogP contribution is 2.22. The van der Waals surface area contributed by atoms with Crippen LogP contribution in [0, 0.1) is 5.92 Å². The van der Waals surface area contributed by atoms with Gasteiger partial charge in [0.2, 0.25) is 10.0 Å². The summed E-state index contributed by atoms with van der Waals surface area (Å²) in [5.74, 6) is -0.393. The van der Waals surface area contributed by atoms with Crippen LogP contribution in [0.1, 0.15) is 44.0 Å². The Kier molecular flexibility index (Phi) is 7.41. The maximum Gasteiger partial charge on any atom is 0.339 e. The minimum absolute atomic E-state index is 0.0392. The highest BCUT2D eigenvalue weighted by Gasteiger charge is 2.23. The molecule has 1 aliphatic rings. The van der Waals surface area contributed by atoms with Gasteiger partial charge in [-0.25, -0.2) is 17.9 Å². The molecule has 0 saturated carbocycles. The van der Waals surface area contributed by atoms with Crippen LogP contribution in [0.4, 0.5) is 0 Å². The smallest absolute Gasteiger partial charge is 0.339 e. The summed E-state index contributed by atoms with van der Waals surface area (Å²) in [6.45, 7) is 6.53. The number of nitrogens with one attached hydrogen (secondary N) is 1. The van der Waals surface area contributed by atoms with E-state index >= 15 is 0 Å². The number of likely N-dealkylation sites (tertiary alicyclic amines) is 1. The number of hydrogen-bond acceptors (Lipinski definition) is 5. The van der Waals surface area contributed by atoms with Gasteiger partial charge in [-0.05, 0) is 66.7 Å². The summed E-state index contributed by atoms with van der Waals surface area (Å²) in [6, 6.07) is 3.83. The molecule has 1 saturated heterocycles. The van der Waals surface area contributed by atoms with Gasteiger partial charge in [-0.3, -0.25) is 4.79 Å². The number of halogens is 1. The van der Waals surface area contributed by atoms with Gasteiger partial charge in [-0.1, -0.05) is 6.92 Å². The molecule has 1 aliphatic heterocycles. The van der Waals surface area contributed by atoms with E-state index in [4.69, 9.17) is 4.74 Å². The van der Waals surface area contributed by atoms with Gasteiger partial charge in [0.15, 0.2) is 6.61 Å². The fourth-order valence-electron chi connectivity index (χ4n) is 2.76. The number of esters is 1. The lowest BCUT2D eigenvalue weighted by molar-refractivity contribution is -0.135. The first-order chi connectivity index (χ1) is 12.6. The number of piperidine rings is 1. The van der Waals surface area contributed by atoms with Crippen molar-refractivity contribution in [1.29, 1.82) is 0 Å². The molecule has 1 fully saturated rings. The highest BCUT2D eigenvalue weighted by molar-refractivity contribution is 9.10. The number of carbonyl (C=O) groups excluding carboxylic acids is 2. The van der Waals surface area contributed by atoms with E-state index in [2.05, 4.69) is 27.6 Å². The molecular weight excluding hydrogens is 436 g/mol. The lowest BCUT2D eigenvalue weighted by atomic mass is 9.99. The number of ether oxygens (including phenoxy) is 1. The Morgan fingerprint density at radius 2 is 1.93 bits per heavy atom. The van der Waals surface area contributed by atoms with Crippen molar-refractivity contribution in [3.8, 4) is 0 Å². The Balaban J connectivity index is 2.05. The van der Waals surface area contributed by atoms with E-state index in [9.17, 15) is 18.0 Å². The SMILES string of the molecule is CC1CCN(C(=O)COC(=O)c2cc(S(=O)(=O)NC(C)C)ccc2Br)CC1.